The molecule has 2 fully saturated rings. The maximum atomic E-state index is 13.6. The van der Waals surface area contributed by atoms with Crippen LogP contribution in [0.5, 0.6) is 0 Å². The molecule has 0 unspecified atom stereocenters. The van der Waals surface area contributed by atoms with Crippen LogP contribution in [-0.2, 0) is 6.54 Å². The molecule has 0 aromatic carbocycles. The average Bonchev–Trinajstić information content (AvgIpc) is 3.64. The van der Waals surface area contributed by atoms with Gasteiger partial charge in [0.1, 0.15) is 11.2 Å². The number of H-pyrrole nitrogens is 2. The van der Waals surface area contributed by atoms with E-state index in [0.717, 1.165) is 68.9 Å². The zero-order valence-electron chi connectivity index (χ0n) is 20.9. The van der Waals surface area contributed by atoms with Crippen molar-refractivity contribution in [2.45, 2.75) is 38.2 Å². The fraction of sp³-hybridized carbons (Fsp3) is 0.357. The Balaban J connectivity index is 1.22. The van der Waals surface area contributed by atoms with E-state index in [-0.39, 0.29) is 13.0 Å². The third kappa shape index (κ3) is 4.28. The first-order valence-corrected chi connectivity index (χ1v) is 13.1. The lowest BCUT2D eigenvalue weighted by atomic mass is 10.1. The second-order valence-corrected chi connectivity index (χ2v) is 10.4. The van der Waals surface area contributed by atoms with E-state index in [9.17, 15) is 8.78 Å². The lowest BCUT2D eigenvalue weighted by Crippen LogP contribution is -2.29. The van der Waals surface area contributed by atoms with E-state index in [1.54, 1.807) is 17.3 Å². The van der Waals surface area contributed by atoms with Crippen molar-refractivity contribution in [3.63, 3.8) is 0 Å². The van der Waals surface area contributed by atoms with E-state index in [4.69, 9.17) is 4.98 Å². The minimum absolute atomic E-state index is 0.0923. The topological polar surface area (TPSA) is 89.6 Å². The van der Waals surface area contributed by atoms with Gasteiger partial charge in [-0.3, -0.25) is 20.0 Å². The molecule has 0 spiro atoms. The van der Waals surface area contributed by atoms with E-state index in [1.807, 2.05) is 30.6 Å². The molecule has 10 heteroatoms. The Bertz CT molecular complexity index is 1620. The number of aromatic amines is 2. The molecule has 8 nitrogen and oxygen atoms in total. The van der Waals surface area contributed by atoms with Crippen LogP contribution in [0.2, 0.25) is 0 Å². The Hall–Kier alpha value is -3.92. The van der Waals surface area contributed by atoms with Crippen molar-refractivity contribution < 1.29 is 8.78 Å². The lowest BCUT2D eigenvalue weighted by molar-refractivity contribution is 0.0115. The van der Waals surface area contributed by atoms with Crippen LogP contribution < -0.4 is 4.90 Å². The number of fused-ring (bicyclic) bond motifs is 2. The van der Waals surface area contributed by atoms with Crippen molar-refractivity contribution in [1.29, 1.82) is 0 Å². The molecule has 0 atom stereocenters. The average molecular weight is 515 g/mol. The minimum atomic E-state index is -2.61. The van der Waals surface area contributed by atoms with Gasteiger partial charge in [0.15, 0.2) is 0 Å². The monoisotopic (exact) mass is 514 g/mol. The lowest BCUT2D eigenvalue weighted by Gasteiger charge is -2.28. The van der Waals surface area contributed by atoms with E-state index >= 15 is 0 Å². The third-order valence-electron chi connectivity index (χ3n) is 7.63. The number of hydrogen-bond acceptors (Lipinski definition) is 6. The number of aromatic nitrogens is 6. The first-order valence-electron chi connectivity index (χ1n) is 13.1. The fourth-order valence-corrected chi connectivity index (χ4v) is 5.71. The maximum Gasteiger partial charge on any atom is 0.261 e. The Morgan fingerprint density at radius 2 is 1.79 bits per heavy atom. The molecule has 7 heterocycles. The third-order valence-corrected chi connectivity index (χ3v) is 7.63. The van der Waals surface area contributed by atoms with E-state index < -0.39 is 5.92 Å². The molecule has 7 rings (SSSR count). The van der Waals surface area contributed by atoms with E-state index in [2.05, 4.69) is 36.1 Å². The van der Waals surface area contributed by atoms with Crippen LogP contribution in [0, 0.1) is 0 Å². The number of likely N-dealkylation sites (tertiary alicyclic amines) is 1. The summed E-state index contributed by atoms with van der Waals surface area (Å²) in [4.78, 5) is 21.5. The first kappa shape index (κ1) is 23.2. The van der Waals surface area contributed by atoms with Crippen molar-refractivity contribution >= 4 is 27.6 Å². The Morgan fingerprint density at radius 1 is 0.921 bits per heavy atom. The number of alkyl halides is 2. The number of rotatable bonds is 5. The standard InChI is InChI=1S/C28H28F2N8/c29-28(30)6-9-37(17-28)16-18-10-19(13-31-12-18)21-4-5-22-26(34-21)27(36-35-22)23-11-20-24(33-23)14-32-15-25(20)38-7-2-1-3-8-38/h4-5,10-15,33H,1-3,6-9,16-17H2,(H,35,36). The second kappa shape index (κ2) is 9.13. The highest BCUT2D eigenvalue weighted by atomic mass is 19.3. The minimum Gasteiger partial charge on any atom is -0.370 e. The number of pyridine rings is 3. The maximum absolute atomic E-state index is 13.6. The zero-order valence-corrected chi connectivity index (χ0v) is 20.9. The number of nitrogens with zero attached hydrogens (tertiary/aromatic N) is 6. The predicted molar refractivity (Wildman–Crippen MR) is 143 cm³/mol. The van der Waals surface area contributed by atoms with Crippen LogP contribution in [0.3, 0.4) is 0 Å². The van der Waals surface area contributed by atoms with Crippen molar-refractivity contribution in [1.82, 2.24) is 35.0 Å². The molecule has 2 N–H and O–H groups in total. The molecule has 194 valence electrons. The van der Waals surface area contributed by atoms with Gasteiger partial charge in [0.25, 0.3) is 5.92 Å². The summed E-state index contributed by atoms with van der Waals surface area (Å²) in [5.41, 5.74) is 7.82. The van der Waals surface area contributed by atoms with Gasteiger partial charge in [0, 0.05) is 55.9 Å². The Labute approximate surface area is 218 Å². The van der Waals surface area contributed by atoms with Gasteiger partial charge in [-0.15, -0.1) is 0 Å². The van der Waals surface area contributed by atoms with E-state index in [0.29, 0.717) is 13.1 Å². The number of piperidine rings is 1. The van der Waals surface area contributed by atoms with Gasteiger partial charge < -0.3 is 9.88 Å². The highest BCUT2D eigenvalue weighted by molar-refractivity contribution is 5.98. The summed E-state index contributed by atoms with van der Waals surface area (Å²) in [5.74, 6) is -2.61. The summed E-state index contributed by atoms with van der Waals surface area (Å²) in [7, 11) is 0. The highest BCUT2D eigenvalue weighted by Gasteiger charge is 2.37. The fourth-order valence-electron chi connectivity index (χ4n) is 5.71. The molecule has 5 aromatic heterocycles. The van der Waals surface area contributed by atoms with Crippen LogP contribution in [0.15, 0.2) is 49.1 Å². The van der Waals surface area contributed by atoms with Crippen molar-refractivity contribution in [2.24, 2.45) is 0 Å². The quantitative estimate of drug-likeness (QED) is 0.327. The van der Waals surface area contributed by atoms with Gasteiger partial charge in [0.05, 0.1) is 47.0 Å². The molecule has 2 aliphatic heterocycles. The number of anilines is 1. The number of nitrogens with one attached hydrogen (secondary N) is 2. The summed E-state index contributed by atoms with van der Waals surface area (Å²) in [6.45, 7) is 2.71. The molecular weight excluding hydrogens is 486 g/mol. The first-order chi connectivity index (χ1) is 18.5. The van der Waals surface area contributed by atoms with Gasteiger partial charge in [-0.1, -0.05) is 0 Å². The second-order valence-electron chi connectivity index (χ2n) is 10.4. The SMILES string of the molecule is FC1(F)CCN(Cc2cncc(-c3ccc4[nH]nc(-c5cc6c(N7CCCCC7)cncc6[nH]5)c4n3)c2)C1. The van der Waals surface area contributed by atoms with Crippen LogP contribution in [0.1, 0.15) is 31.2 Å². The molecule has 0 saturated carbocycles. The van der Waals surface area contributed by atoms with Crippen molar-refractivity contribution in [2.75, 3.05) is 31.1 Å². The van der Waals surface area contributed by atoms with Crippen LogP contribution in [0.25, 0.3) is 44.6 Å². The molecular formula is C28H28F2N8. The van der Waals surface area contributed by atoms with Crippen molar-refractivity contribution in [3.8, 4) is 22.6 Å². The Kier molecular flexibility index (Phi) is 5.57. The molecule has 2 saturated heterocycles. The molecule has 0 bridgehead atoms. The molecule has 2 aliphatic rings. The smallest absolute Gasteiger partial charge is 0.261 e. The van der Waals surface area contributed by atoms with Gasteiger partial charge in [-0.25, -0.2) is 13.8 Å². The molecule has 0 amide bonds. The molecule has 0 radical (unpaired) electrons. The summed E-state index contributed by atoms with van der Waals surface area (Å²) in [5, 5.41) is 8.83. The molecule has 5 aromatic rings. The van der Waals surface area contributed by atoms with Gasteiger partial charge in [-0.2, -0.15) is 5.10 Å². The van der Waals surface area contributed by atoms with Crippen LogP contribution in [-0.4, -0.2) is 67.1 Å². The molecule has 38 heavy (non-hydrogen) atoms. The largest absolute Gasteiger partial charge is 0.370 e. The van der Waals surface area contributed by atoms with Gasteiger partial charge >= 0.3 is 0 Å². The van der Waals surface area contributed by atoms with Crippen molar-refractivity contribution in [3.05, 3.63) is 54.6 Å². The normalized spacial score (nSPS) is 18.1. The summed E-state index contributed by atoms with van der Waals surface area (Å²) in [6, 6.07) is 8.01. The summed E-state index contributed by atoms with van der Waals surface area (Å²) < 4.78 is 27.3. The van der Waals surface area contributed by atoms with Crippen LogP contribution in [0.4, 0.5) is 14.5 Å². The number of hydrogen-bond donors (Lipinski definition) is 2. The van der Waals surface area contributed by atoms with Gasteiger partial charge in [-0.05, 0) is 49.1 Å². The Morgan fingerprint density at radius 3 is 2.63 bits per heavy atom. The van der Waals surface area contributed by atoms with Crippen LogP contribution >= 0.6 is 0 Å². The summed E-state index contributed by atoms with van der Waals surface area (Å²) in [6.07, 6.45) is 10.9. The number of halogens is 2. The molecule has 0 aliphatic carbocycles. The predicted octanol–water partition coefficient (Wildman–Crippen LogP) is 5.39. The van der Waals surface area contributed by atoms with E-state index in [1.165, 1.54) is 19.3 Å². The van der Waals surface area contributed by atoms with Gasteiger partial charge in [0.2, 0.25) is 0 Å². The zero-order chi connectivity index (χ0) is 25.7. The summed E-state index contributed by atoms with van der Waals surface area (Å²) >= 11 is 0. The highest BCUT2D eigenvalue weighted by Crippen LogP contribution is 2.34.